The topological polar surface area (TPSA) is 49.8 Å². The summed E-state index contributed by atoms with van der Waals surface area (Å²) in [5.41, 5.74) is 7.52. The molecule has 43 heavy (non-hydrogen) atoms. The maximum atomic E-state index is 5.95. The van der Waals surface area contributed by atoms with Crippen molar-refractivity contribution in [3.63, 3.8) is 0 Å². The minimum absolute atomic E-state index is 0. The Labute approximate surface area is 267 Å². The molecular weight excluding hydrogens is 711 g/mol. The van der Waals surface area contributed by atoms with Crippen LogP contribution in [-0.2, 0) is 20.1 Å². The molecule has 2 aromatic heterocycles. The molecule has 7 rings (SSSR count). The predicted molar refractivity (Wildman–Crippen MR) is 172 cm³/mol. The Morgan fingerprint density at radius 3 is 2.23 bits per heavy atom. The molecule has 7 heteroatoms. The van der Waals surface area contributed by atoms with E-state index in [4.69, 9.17) is 4.42 Å². The molecule has 0 fully saturated rings. The van der Waals surface area contributed by atoms with Crippen LogP contribution in [0.15, 0.2) is 101 Å². The van der Waals surface area contributed by atoms with E-state index < -0.39 is 0 Å². The second-order valence-corrected chi connectivity index (χ2v) is 11.0. The number of nitrogens with zero attached hydrogens (tertiary/aromatic N) is 5. The van der Waals surface area contributed by atoms with Gasteiger partial charge >= 0.3 is 20.1 Å². The van der Waals surface area contributed by atoms with Gasteiger partial charge in [-0.15, -0.1) is 42.6 Å². The molecule has 0 radical (unpaired) electrons. The molecule has 6 aromatic rings. The summed E-state index contributed by atoms with van der Waals surface area (Å²) >= 11 is 0. The van der Waals surface area contributed by atoms with Gasteiger partial charge in [0.1, 0.15) is 5.58 Å². The van der Waals surface area contributed by atoms with Crippen LogP contribution >= 0.6 is 0 Å². The number of hydrazone groups is 1. The zero-order valence-corrected chi connectivity index (χ0v) is 27.3. The van der Waals surface area contributed by atoms with Crippen molar-refractivity contribution in [3.05, 3.63) is 121 Å². The summed E-state index contributed by atoms with van der Waals surface area (Å²) in [6.45, 7) is 10.9. The number of hydrogen-bond donors (Lipinski definition) is 0. The van der Waals surface area contributed by atoms with Crippen molar-refractivity contribution in [2.45, 2.75) is 39.5 Å². The predicted octanol–water partition coefficient (Wildman–Crippen LogP) is 8.78. The molecule has 0 N–H and O–H groups in total. The van der Waals surface area contributed by atoms with E-state index in [2.05, 4.69) is 91.0 Å². The Hall–Kier alpha value is -4.19. The first-order valence-electron chi connectivity index (χ1n) is 14.3. The van der Waals surface area contributed by atoms with E-state index in [0.717, 1.165) is 39.0 Å². The molecule has 4 aromatic carbocycles. The third-order valence-corrected chi connectivity index (χ3v) is 7.37. The molecule has 1 aliphatic heterocycles. The van der Waals surface area contributed by atoms with E-state index in [0.29, 0.717) is 11.8 Å². The number of hydrogen-bond acceptors (Lipinski definition) is 5. The molecule has 0 unspecified atom stereocenters. The first-order valence-corrected chi connectivity index (χ1v) is 14.3. The molecule has 6 nitrogen and oxygen atoms in total. The third kappa shape index (κ3) is 6.01. The molecule has 0 spiro atoms. The smallest absolute Gasteiger partial charge is 0.514 e. The van der Waals surface area contributed by atoms with Crippen molar-refractivity contribution in [1.29, 1.82) is 0 Å². The Balaban J connectivity index is 0.000000170. The van der Waals surface area contributed by atoms with E-state index in [9.17, 15) is 0 Å². The normalized spacial score (nSPS) is 12.7. The first-order chi connectivity index (χ1) is 20.4. The largest absolute Gasteiger partial charge is 3.00 e. The average molecular weight is 745 g/mol. The Bertz CT molecular complexity index is 1830. The van der Waals surface area contributed by atoms with Crippen LogP contribution in [0.4, 0.5) is 5.69 Å². The number of benzene rings is 4. The number of imidazole rings is 1. The van der Waals surface area contributed by atoms with Crippen LogP contribution in [0.5, 0.6) is 0 Å². The monoisotopic (exact) mass is 745 g/mol. The van der Waals surface area contributed by atoms with E-state index in [1.165, 1.54) is 16.8 Å². The van der Waals surface area contributed by atoms with Crippen molar-refractivity contribution in [3.8, 4) is 17.1 Å². The summed E-state index contributed by atoms with van der Waals surface area (Å²) in [6, 6.07) is 33.1. The maximum Gasteiger partial charge on any atom is 3.00 e. The van der Waals surface area contributed by atoms with E-state index in [-0.39, 0.29) is 20.1 Å². The van der Waals surface area contributed by atoms with Crippen LogP contribution < -0.4 is 5.01 Å². The van der Waals surface area contributed by atoms with Crippen LogP contribution in [0, 0.1) is 18.8 Å². The van der Waals surface area contributed by atoms with Gasteiger partial charge in [0, 0.05) is 29.1 Å². The second kappa shape index (κ2) is 13.0. The summed E-state index contributed by atoms with van der Waals surface area (Å²) < 4.78 is 8.16. The fourth-order valence-electron chi connectivity index (χ4n) is 5.34. The maximum absolute atomic E-state index is 5.95. The van der Waals surface area contributed by atoms with E-state index >= 15 is 0 Å². The average Bonchev–Trinajstić information content (AvgIpc) is 3.76. The Morgan fingerprint density at radius 1 is 0.814 bits per heavy atom. The zero-order chi connectivity index (χ0) is 29.2. The van der Waals surface area contributed by atoms with Crippen LogP contribution in [0.3, 0.4) is 0 Å². The van der Waals surface area contributed by atoms with Gasteiger partial charge in [-0.25, -0.2) is 0 Å². The quantitative estimate of drug-likeness (QED) is 0.166. The number of fused-ring (bicyclic) bond motifs is 3. The number of para-hydroxylation sites is 2. The van der Waals surface area contributed by atoms with Crippen LogP contribution in [0.1, 0.15) is 50.7 Å². The molecule has 0 saturated heterocycles. The summed E-state index contributed by atoms with van der Waals surface area (Å²) in [5, 5.41) is 8.26. The molecule has 0 bridgehead atoms. The molecule has 3 heterocycles. The van der Waals surface area contributed by atoms with Crippen LogP contribution in [-0.4, -0.2) is 27.8 Å². The third-order valence-electron chi connectivity index (χ3n) is 7.37. The van der Waals surface area contributed by atoms with Gasteiger partial charge in [0.2, 0.25) is 0 Å². The van der Waals surface area contributed by atoms with E-state index in [1.54, 1.807) is 11.3 Å². The summed E-state index contributed by atoms with van der Waals surface area (Å²) in [4.78, 5) is 6.48. The molecule has 1 aliphatic rings. The number of anilines is 1. The van der Waals surface area contributed by atoms with Gasteiger partial charge in [0.05, 0.1) is 12.2 Å². The molecule has 0 saturated carbocycles. The number of aromatic nitrogens is 2. The SMILES string of the molecule is CC(C)c1cccc(C(C)C)c1-n1ccnc1-c1[c-]cccc1.CN1C=NN(c2[c-]ccc3c2oc2ccccc23)[CH-]1.[Ir+3]. The minimum atomic E-state index is 0. The fraction of sp³-hybridized carbons (Fsp3) is 0.194. The molecular formula is C36H34IrN5O. The van der Waals surface area contributed by atoms with Gasteiger partial charge in [-0.3, -0.25) is 4.98 Å². The van der Waals surface area contributed by atoms with Gasteiger partial charge < -0.3 is 18.9 Å². The second-order valence-electron chi connectivity index (χ2n) is 11.0. The van der Waals surface area contributed by atoms with Gasteiger partial charge in [-0.05, 0) is 41.8 Å². The van der Waals surface area contributed by atoms with Gasteiger partial charge in [-0.1, -0.05) is 69.5 Å². The number of rotatable bonds is 5. The Morgan fingerprint density at radius 2 is 1.56 bits per heavy atom. The van der Waals surface area contributed by atoms with Crippen molar-refractivity contribution in [1.82, 2.24) is 14.5 Å². The summed E-state index contributed by atoms with van der Waals surface area (Å²) in [6.07, 6.45) is 5.68. The van der Waals surface area contributed by atoms with Crippen molar-refractivity contribution < 1.29 is 24.5 Å². The molecule has 0 aliphatic carbocycles. The molecule has 0 amide bonds. The fourth-order valence-corrected chi connectivity index (χ4v) is 5.34. The van der Waals surface area contributed by atoms with E-state index in [1.807, 2.05) is 73.3 Å². The van der Waals surface area contributed by atoms with Gasteiger partial charge in [0.25, 0.3) is 0 Å². The van der Waals surface area contributed by atoms with Gasteiger partial charge in [0.15, 0.2) is 0 Å². The first kappa shape index (κ1) is 30.3. The Kier molecular flexibility index (Phi) is 9.14. The van der Waals surface area contributed by atoms with Crippen molar-refractivity contribution >= 4 is 34.0 Å². The van der Waals surface area contributed by atoms with Crippen molar-refractivity contribution in [2.24, 2.45) is 5.10 Å². The summed E-state index contributed by atoms with van der Waals surface area (Å²) in [7, 11) is 1.93. The minimum Gasteiger partial charge on any atom is -0.514 e. The van der Waals surface area contributed by atoms with Crippen LogP contribution in [0.25, 0.3) is 39.0 Å². The van der Waals surface area contributed by atoms with Gasteiger partial charge in [-0.2, -0.15) is 23.3 Å². The zero-order valence-electron chi connectivity index (χ0n) is 24.9. The summed E-state index contributed by atoms with van der Waals surface area (Å²) in [5.74, 6) is 1.86. The standard InChI is InChI=1S/C21H23N2.C15H11N3O.Ir/c1-15(2)18-11-8-12-19(16(3)4)20(18)23-14-13-22-21(23)17-9-6-5-7-10-17;1-17-9-16-18(10-17)13-7-4-6-12-11-5-2-3-8-14(11)19-15(12)13;/h5-9,11-16H,1-4H3;2-6,8-10H,1H3;/q-1;-2;+3. The van der Waals surface area contributed by atoms with Crippen LogP contribution in [0.2, 0.25) is 0 Å². The molecule has 0 atom stereocenters. The number of furan rings is 1. The van der Waals surface area contributed by atoms with Crippen molar-refractivity contribution in [2.75, 3.05) is 12.1 Å². The molecule has 218 valence electrons.